The number of hydrogen-bond acceptors (Lipinski definition) is 3. The van der Waals surface area contributed by atoms with Gasteiger partial charge in [-0.05, 0) is 25.8 Å². The molecule has 0 aliphatic carbocycles. The molecule has 1 atom stereocenters. The fourth-order valence-electron chi connectivity index (χ4n) is 1.87. The number of rotatable bonds is 4. The summed E-state index contributed by atoms with van der Waals surface area (Å²) < 4.78 is 1.93. The molecule has 0 spiro atoms. The summed E-state index contributed by atoms with van der Waals surface area (Å²) in [5.74, 6) is 0.221. The largest absolute Gasteiger partial charge is 0.409 e. The fourth-order valence-corrected chi connectivity index (χ4v) is 1.87. The zero-order chi connectivity index (χ0) is 12.3. The van der Waals surface area contributed by atoms with Crippen LogP contribution in [-0.4, -0.2) is 20.8 Å². The molecule has 0 aliphatic heterocycles. The van der Waals surface area contributed by atoms with Gasteiger partial charge in [0.1, 0.15) is 5.84 Å². The monoisotopic (exact) mass is 224 g/mol. The third-order valence-corrected chi connectivity index (χ3v) is 2.95. The van der Waals surface area contributed by atoms with Crippen molar-refractivity contribution in [1.82, 2.24) is 9.78 Å². The summed E-state index contributed by atoms with van der Waals surface area (Å²) in [7, 11) is 0. The summed E-state index contributed by atoms with van der Waals surface area (Å²) >= 11 is 0. The molecule has 1 unspecified atom stereocenters. The van der Waals surface area contributed by atoms with Crippen molar-refractivity contribution < 1.29 is 5.21 Å². The molecule has 1 heterocycles. The number of nitrogens with two attached hydrogens (primary N) is 1. The molecule has 1 rings (SSSR count). The standard InChI is InChI=1S/C11H20N4O/c1-5-10-8(3)13-15(9(10)4)6-7(2)11(12)14-16/h7,16H,5-6H2,1-4H3,(H2,12,14). The Morgan fingerprint density at radius 2 is 2.19 bits per heavy atom. The van der Waals surface area contributed by atoms with Gasteiger partial charge in [0, 0.05) is 11.6 Å². The van der Waals surface area contributed by atoms with E-state index in [1.807, 2.05) is 18.5 Å². The van der Waals surface area contributed by atoms with Crippen molar-refractivity contribution in [1.29, 1.82) is 0 Å². The summed E-state index contributed by atoms with van der Waals surface area (Å²) in [6, 6.07) is 0. The van der Waals surface area contributed by atoms with Crippen LogP contribution in [0.25, 0.3) is 0 Å². The van der Waals surface area contributed by atoms with E-state index in [-0.39, 0.29) is 11.8 Å². The highest BCUT2D eigenvalue weighted by Gasteiger charge is 2.14. The third-order valence-electron chi connectivity index (χ3n) is 2.95. The number of aromatic nitrogens is 2. The Hall–Kier alpha value is -1.52. The highest BCUT2D eigenvalue weighted by atomic mass is 16.4. The van der Waals surface area contributed by atoms with Gasteiger partial charge in [0.05, 0.1) is 12.2 Å². The van der Waals surface area contributed by atoms with Gasteiger partial charge in [0.15, 0.2) is 0 Å². The van der Waals surface area contributed by atoms with E-state index >= 15 is 0 Å². The van der Waals surface area contributed by atoms with Crippen LogP contribution in [0.1, 0.15) is 30.8 Å². The van der Waals surface area contributed by atoms with Crippen LogP contribution in [-0.2, 0) is 13.0 Å². The summed E-state index contributed by atoms with van der Waals surface area (Å²) in [5.41, 5.74) is 9.06. The SMILES string of the molecule is CCc1c(C)nn(CC(C)/C(N)=N/O)c1C. The zero-order valence-electron chi connectivity index (χ0n) is 10.4. The van der Waals surface area contributed by atoms with Crippen molar-refractivity contribution in [2.24, 2.45) is 16.8 Å². The second-order valence-corrected chi connectivity index (χ2v) is 4.11. The Balaban J connectivity index is 2.90. The molecule has 0 radical (unpaired) electrons. The van der Waals surface area contributed by atoms with Crippen molar-refractivity contribution >= 4 is 5.84 Å². The van der Waals surface area contributed by atoms with E-state index in [0.717, 1.165) is 17.8 Å². The Morgan fingerprint density at radius 1 is 1.56 bits per heavy atom. The smallest absolute Gasteiger partial charge is 0.143 e. The van der Waals surface area contributed by atoms with Gasteiger partial charge in [-0.25, -0.2) is 0 Å². The van der Waals surface area contributed by atoms with Crippen molar-refractivity contribution in [3.63, 3.8) is 0 Å². The van der Waals surface area contributed by atoms with Crippen molar-refractivity contribution in [3.05, 3.63) is 17.0 Å². The van der Waals surface area contributed by atoms with E-state index in [4.69, 9.17) is 10.9 Å². The summed E-state index contributed by atoms with van der Waals surface area (Å²) in [4.78, 5) is 0. The average Bonchev–Trinajstić information content (AvgIpc) is 2.52. The minimum Gasteiger partial charge on any atom is -0.409 e. The number of oxime groups is 1. The highest BCUT2D eigenvalue weighted by molar-refractivity contribution is 5.81. The Kier molecular flexibility index (Phi) is 3.93. The molecule has 3 N–H and O–H groups in total. The first kappa shape index (κ1) is 12.5. The van der Waals surface area contributed by atoms with Crippen LogP contribution in [0.2, 0.25) is 0 Å². The van der Waals surface area contributed by atoms with Crippen LogP contribution in [0.15, 0.2) is 5.16 Å². The van der Waals surface area contributed by atoms with E-state index in [1.165, 1.54) is 5.56 Å². The van der Waals surface area contributed by atoms with Crippen molar-refractivity contribution in [2.75, 3.05) is 0 Å². The van der Waals surface area contributed by atoms with Gasteiger partial charge in [-0.2, -0.15) is 5.10 Å². The maximum Gasteiger partial charge on any atom is 0.143 e. The fraction of sp³-hybridized carbons (Fsp3) is 0.636. The molecule has 5 heteroatoms. The molecule has 0 aromatic carbocycles. The Labute approximate surface area is 95.9 Å². The van der Waals surface area contributed by atoms with E-state index < -0.39 is 0 Å². The van der Waals surface area contributed by atoms with Gasteiger partial charge in [0.25, 0.3) is 0 Å². The molecule has 90 valence electrons. The zero-order valence-corrected chi connectivity index (χ0v) is 10.4. The van der Waals surface area contributed by atoms with Crippen LogP contribution < -0.4 is 5.73 Å². The highest BCUT2D eigenvalue weighted by Crippen LogP contribution is 2.14. The molecule has 0 fully saturated rings. The minimum atomic E-state index is -0.0206. The first-order chi connectivity index (χ1) is 7.51. The quantitative estimate of drug-likeness (QED) is 0.352. The molecular formula is C11H20N4O. The van der Waals surface area contributed by atoms with E-state index in [0.29, 0.717) is 6.54 Å². The summed E-state index contributed by atoms with van der Waals surface area (Å²) in [5, 5.41) is 16.1. The van der Waals surface area contributed by atoms with E-state index in [2.05, 4.69) is 24.1 Å². The molecule has 0 amide bonds. The van der Waals surface area contributed by atoms with Crippen LogP contribution in [0.4, 0.5) is 0 Å². The summed E-state index contributed by atoms with van der Waals surface area (Å²) in [6.45, 7) is 8.74. The summed E-state index contributed by atoms with van der Waals surface area (Å²) in [6.07, 6.45) is 0.982. The molecule has 0 bridgehead atoms. The van der Waals surface area contributed by atoms with Gasteiger partial charge in [-0.15, -0.1) is 0 Å². The molecule has 0 aliphatic rings. The van der Waals surface area contributed by atoms with Crippen molar-refractivity contribution in [2.45, 2.75) is 40.7 Å². The van der Waals surface area contributed by atoms with Gasteiger partial charge in [0.2, 0.25) is 0 Å². The molecule has 0 saturated heterocycles. The first-order valence-electron chi connectivity index (χ1n) is 5.51. The third kappa shape index (κ3) is 2.35. The van der Waals surface area contributed by atoms with Crippen LogP contribution in [0.3, 0.4) is 0 Å². The van der Waals surface area contributed by atoms with Gasteiger partial charge in [-0.3, -0.25) is 4.68 Å². The van der Waals surface area contributed by atoms with Crippen LogP contribution >= 0.6 is 0 Å². The average molecular weight is 224 g/mol. The Morgan fingerprint density at radius 3 is 2.62 bits per heavy atom. The number of hydrogen-bond donors (Lipinski definition) is 2. The number of nitrogens with zero attached hydrogens (tertiary/aromatic N) is 3. The number of amidine groups is 1. The molecule has 5 nitrogen and oxygen atoms in total. The normalized spacial score (nSPS) is 14.1. The topological polar surface area (TPSA) is 76.4 Å². The van der Waals surface area contributed by atoms with Crippen LogP contribution in [0.5, 0.6) is 0 Å². The lowest BCUT2D eigenvalue weighted by Gasteiger charge is -2.11. The van der Waals surface area contributed by atoms with Crippen molar-refractivity contribution in [3.8, 4) is 0 Å². The lowest BCUT2D eigenvalue weighted by Crippen LogP contribution is -2.26. The Bertz CT molecular complexity index is 395. The molecular weight excluding hydrogens is 204 g/mol. The van der Waals surface area contributed by atoms with Gasteiger partial charge in [-0.1, -0.05) is 19.0 Å². The molecule has 1 aromatic heterocycles. The lowest BCUT2D eigenvalue weighted by atomic mass is 10.1. The molecule has 1 aromatic rings. The molecule has 0 saturated carbocycles. The number of aryl methyl sites for hydroxylation is 1. The minimum absolute atomic E-state index is 0.0206. The predicted octanol–water partition coefficient (Wildman–Crippen LogP) is 1.44. The van der Waals surface area contributed by atoms with Gasteiger partial charge < -0.3 is 10.9 Å². The molecule has 16 heavy (non-hydrogen) atoms. The second kappa shape index (κ2) is 5.01. The maximum absolute atomic E-state index is 8.59. The lowest BCUT2D eigenvalue weighted by molar-refractivity contribution is 0.312. The van der Waals surface area contributed by atoms with Crippen LogP contribution in [0, 0.1) is 19.8 Å². The van der Waals surface area contributed by atoms with Gasteiger partial charge >= 0.3 is 0 Å². The van der Waals surface area contributed by atoms with E-state index in [9.17, 15) is 0 Å². The maximum atomic E-state index is 8.59. The first-order valence-corrected chi connectivity index (χ1v) is 5.51. The second-order valence-electron chi connectivity index (χ2n) is 4.11. The predicted molar refractivity (Wildman–Crippen MR) is 63.7 cm³/mol. The van der Waals surface area contributed by atoms with E-state index in [1.54, 1.807) is 0 Å².